The molecule has 7 aromatic carbocycles. The lowest BCUT2D eigenvalue weighted by molar-refractivity contribution is 0.487. The highest BCUT2D eigenvalue weighted by Crippen LogP contribution is 2.47. The van der Waals surface area contributed by atoms with Gasteiger partial charge in [-0.3, -0.25) is 0 Å². The lowest BCUT2D eigenvalue weighted by Crippen LogP contribution is -1.97. The summed E-state index contributed by atoms with van der Waals surface area (Å²) in [5, 5.41) is 4.68. The van der Waals surface area contributed by atoms with Gasteiger partial charge in [0.15, 0.2) is 0 Å². The zero-order chi connectivity index (χ0) is 27.6. The third kappa shape index (κ3) is 3.59. The van der Waals surface area contributed by atoms with E-state index in [0.717, 1.165) is 44.6 Å². The van der Waals surface area contributed by atoms with Gasteiger partial charge in [0.2, 0.25) is 0 Å². The van der Waals surface area contributed by atoms with Crippen molar-refractivity contribution in [1.82, 2.24) is 0 Å². The van der Waals surface area contributed by atoms with Gasteiger partial charge >= 0.3 is 0 Å². The average molecular weight is 537 g/mol. The second kappa shape index (κ2) is 8.95. The monoisotopic (exact) mass is 536 g/mol. The molecule has 1 aliphatic heterocycles. The second-order valence-electron chi connectivity index (χ2n) is 10.9. The third-order valence-electron chi connectivity index (χ3n) is 8.48. The van der Waals surface area contributed by atoms with Crippen molar-refractivity contribution >= 4 is 32.7 Å². The fourth-order valence-electron chi connectivity index (χ4n) is 6.37. The maximum atomic E-state index is 6.22. The Morgan fingerprint density at radius 1 is 0.357 bits per heavy atom. The number of furan rings is 1. The summed E-state index contributed by atoms with van der Waals surface area (Å²) in [5.41, 5.74) is 11.3. The molecule has 9 rings (SSSR count). The molecule has 196 valence electrons. The van der Waals surface area contributed by atoms with Gasteiger partial charge in [-0.05, 0) is 86.8 Å². The molecule has 0 aliphatic carbocycles. The highest BCUT2D eigenvalue weighted by molar-refractivity contribution is 6.07. The van der Waals surface area contributed by atoms with Gasteiger partial charge in [0, 0.05) is 21.7 Å². The summed E-state index contributed by atoms with van der Waals surface area (Å²) in [6.07, 6.45) is 0. The lowest BCUT2D eigenvalue weighted by atomic mass is 9.90. The van der Waals surface area contributed by atoms with E-state index in [1.54, 1.807) is 0 Å². The second-order valence-corrected chi connectivity index (χ2v) is 10.9. The van der Waals surface area contributed by atoms with Crippen LogP contribution < -0.4 is 4.74 Å². The Kier molecular flexibility index (Phi) is 4.93. The van der Waals surface area contributed by atoms with Crippen molar-refractivity contribution in [3.8, 4) is 56.0 Å². The van der Waals surface area contributed by atoms with Crippen LogP contribution in [0.5, 0.6) is 11.5 Å². The van der Waals surface area contributed by atoms with Gasteiger partial charge in [-0.25, -0.2) is 0 Å². The standard InChI is InChI=1S/C40H24O2/c1-3-9-36-32(7-1)34-21-20-29(24-39(34)42-36)27-16-12-25(13-17-27)26-14-18-28(19-15-26)31-22-30-6-5-11-38-40(30)35(23-31)33-8-2-4-10-37(33)41-38/h1-24H. The average Bonchev–Trinajstić information content (AvgIpc) is 3.43. The Hall–Kier alpha value is -5.60. The van der Waals surface area contributed by atoms with Crippen LogP contribution in [-0.2, 0) is 0 Å². The van der Waals surface area contributed by atoms with E-state index in [4.69, 9.17) is 9.15 Å². The first-order valence-electron chi connectivity index (χ1n) is 14.3. The molecule has 0 radical (unpaired) electrons. The predicted molar refractivity (Wildman–Crippen MR) is 173 cm³/mol. The van der Waals surface area contributed by atoms with E-state index in [-0.39, 0.29) is 0 Å². The summed E-state index contributed by atoms with van der Waals surface area (Å²) >= 11 is 0. The summed E-state index contributed by atoms with van der Waals surface area (Å²) < 4.78 is 12.3. The Bertz CT molecular complexity index is 2310. The number of hydrogen-bond donors (Lipinski definition) is 0. The van der Waals surface area contributed by atoms with E-state index in [0.29, 0.717) is 0 Å². The van der Waals surface area contributed by atoms with Crippen LogP contribution >= 0.6 is 0 Å². The first-order valence-corrected chi connectivity index (χ1v) is 14.3. The van der Waals surface area contributed by atoms with Crippen molar-refractivity contribution in [3.63, 3.8) is 0 Å². The largest absolute Gasteiger partial charge is 0.456 e. The molecule has 42 heavy (non-hydrogen) atoms. The summed E-state index contributed by atoms with van der Waals surface area (Å²) in [5.74, 6) is 1.83. The number of rotatable bonds is 3. The van der Waals surface area contributed by atoms with E-state index in [1.165, 1.54) is 44.2 Å². The molecule has 0 saturated carbocycles. The normalized spacial score (nSPS) is 12.0. The Morgan fingerprint density at radius 3 is 1.79 bits per heavy atom. The Morgan fingerprint density at radius 2 is 0.976 bits per heavy atom. The van der Waals surface area contributed by atoms with E-state index in [2.05, 4.69) is 121 Å². The first kappa shape index (κ1) is 23.1. The highest BCUT2D eigenvalue weighted by Gasteiger charge is 2.20. The zero-order valence-corrected chi connectivity index (χ0v) is 22.7. The highest BCUT2D eigenvalue weighted by atomic mass is 16.5. The Labute approximate surface area is 243 Å². The van der Waals surface area contributed by atoms with Gasteiger partial charge in [0.25, 0.3) is 0 Å². The van der Waals surface area contributed by atoms with Crippen LogP contribution in [0, 0.1) is 0 Å². The zero-order valence-electron chi connectivity index (χ0n) is 22.7. The van der Waals surface area contributed by atoms with Gasteiger partial charge in [0.1, 0.15) is 22.7 Å². The SMILES string of the molecule is c1ccc2c(c1)Oc1cccc3cc(-c4ccc(-c5ccc(-c6ccc7c(c6)oc6ccccc67)cc5)cc4)cc-2c13. The summed E-state index contributed by atoms with van der Waals surface area (Å²) in [6.45, 7) is 0. The van der Waals surface area contributed by atoms with Gasteiger partial charge in [-0.1, -0.05) is 103 Å². The molecular weight excluding hydrogens is 512 g/mol. The number of para-hydroxylation sites is 2. The summed E-state index contributed by atoms with van der Waals surface area (Å²) in [6, 6.07) is 51.5. The molecule has 0 bridgehead atoms. The van der Waals surface area contributed by atoms with Gasteiger partial charge in [0.05, 0.1) is 0 Å². The number of hydrogen-bond acceptors (Lipinski definition) is 2. The number of fused-ring (bicyclic) bond motifs is 5. The minimum atomic E-state index is 0.908. The number of benzene rings is 7. The van der Waals surface area contributed by atoms with Crippen LogP contribution in [0.15, 0.2) is 150 Å². The predicted octanol–water partition coefficient (Wildman–Crippen LogP) is 11.5. The first-order chi connectivity index (χ1) is 20.8. The van der Waals surface area contributed by atoms with E-state index < -0.39 is 0 Å². The van der Waals surface area contributed by atoms with Gasteiger partial charge < -0.3 is 9.15 Å². The van der Waals surface area contributed by atoms with E-state index >= 15 is 0 Å². The third-order valence-corrected chi connectivity index (χ3v) is 8.48. The molecule has 0 fully saturated rings. The molecule has 2 heteroatoms. The molecule has 0 unspecified atom stereocenters. The molecule has 0 atom stereocenters. The van der Waals surface area contributed by atoms with Crippen LogP contribution in [-0.4, -0.2) is 0 Å². The van der Waals surface area contributed by atoms with E-state index in [9.17, 15) is 0 Å². The van der Waals surface area contributed by atoms with E-state index in [1.807, 2.05) is 24.3 Å². The number of ether oxygens (including phenoxy) is 1. The minimum Gasteiger partial charge on any atom is -0.456 e. The van der Waals surface area contributed by atoms with Crippen molar-refractivity contribution < 1.29 is 9.15 Å². The van der Waals surface area contributed by atoms with Crippen molar-refractivity contribution in [3.05, 3.63) is 146 Å². The maximum absolute atomic E-state index is 6.22. The van der Waals surface area contributed by atoms with Crippen molar-refractivity contribution in [2.45, 2.75) is 0 Å². The molecule has 1 aromatic heterocycles. The van der Waals surface area contributed by atoms with Crippen LogP contribution in [0.25, 0.3) is 77.2 Å². The van der Waals surface area contributed by atoms with Crippen LogP contribution in [0.4, 0.5) is 0 Å². The molecule has 1 aliphatic rings. The molecule has 0 saturated heterocycles. The lowest BCUT2D eigenvalue weighted by Gasteiger charge is -2.22. The minimum absolute atomic E-state index is 0.908. The van der Waals surface area contributed by atoms with Gasteiger partial charge in [-0.2, -0.15) is 0 Å². The molecule has 0 amide bonds. The van der Waals surface area contributed by atoms with Crippen LogP contribution in [0.3, 0.4) is 0 Å². The molecule has 2 heterocycles. The molecule has 2 nitrogen and oxygen atoms in total. The van der Waals surface area contributed by atoms with Gasteiger partial charge in [-0.15, -0.1) is 0 Å². The summed E-state index contributed by atoms with van der Waals surface area (Å²) in [7, 11) is 0. The molecule has 0 N–H and O–H groups in total. The smallest absolute Gasteiger partial charge is 0.136 e. The van der Waals surface area contributed by atoms with Crippen molar-refractivity contribution in [2.75, 3.05) is 0 Å². The van der Waals surface area contributed by atoms with Crippen LogP contribution in [0.1, 0.15) is 0 Å². The molecular formula is C40H24O2. The topological polar surface area (TPSA) is 22.4 Å². The van der Waals surface area contributed by atoms with Crippen molar-refractivity contribution in [2.24, 2.45) is 0 Å². The van der Waals surface area contributed by atoms with Crippen molar-refractivity contribution in [1.29, 1.82) is 0 Å². The maximum Gasteiger partial charge on any atom is 0.136 e. The molecule has 0 spiro atoms. The summed E-state index contributed by atoms with van der Waals surface area (Å²) in [4.78, 5) is 0. The van der Waals surface area contributed by atoms with Crippen LogP contribution in [0.2, 0.25) is 0 Å². The fourth-order valence-corrected chi connectivity index (χ4v) is 6.37. The Balaban J connectivity index is 1.04. The fraction of sp³-hybridized carbons (Fsp3) is 0. The molecule has 8 aromatic rings. The quantitative estimate of drug-likeness (QED) is 0.224.